The van der Waals surface area contributed by atoms with Gasteiger partial charge in [0.15, 0.2) is 12.1 Å². The molecule has 1 fully saturated rings. The molecule has 202 valence electrons. The minimum absolute atomic E-state index is 0.155. The molecule has 10 nitrogen and oxygen atoms in total. The lowest BCUT2D eigenvalue weighted by Gasteiger charge is -2.29. The van der Waals surface area contributed by atoms with Crippen molar-refractivity contribution in [3.05, 3.63) is 78.1 Å². The minimum Gasteiger partial charge on any atom is -0.463 e. The first-order valence-corrected chi connectivity index (χ1v) is 14.4. The highest BCUT2D eigenvalue weighted by Gasteiger charge is 2.34. The zero-order valence-corrected chi connectivity index (χ0v) is 22.3. The average Bonchev–Trinajstić information content (AvgIpc) is 3.29. The van der Waals surface area contributed by atoms with Crippen LogP contribution in [0.4, 0.5) is 5.82 Å². The van der Waals surface area contributed by atoms with E-state index in [2.05, 4.69) is 15.3 Å². The Morgan fingerprint density at radius 1 is 1.18 bits per heavy atom. The molecule has 2 unspecified atom stereocenters. The third-order valence-electron chi connectivity index (χ3n) is 6.82. The number of hydrogen-bond acceptors (Lipinski definition) is 9. The second-order valence-corrected chi connectivity index (χ2v) is 11.9. The number of aromatic nitrogens is 2. The smallest absolute Gasteiger partial charge is 0.244 e. The first-order valence-electron chi connectivity index (χ1n) is 12.8. The molecule has 5 N–H and O–H groups in total. The van der Waals surface area contributed by atoms with Crippen LogP contribution in [0.5, 0.6) is 5.75 Å². The summed E-state index contributed by atoms with van der Waals surface area (Å²) in [7, 11) is -3.84. The molecule has 2 aromatic heterocycles. The van der Waals surface area contributed by atoms with Gasteiger partial charge in [-0.05, 0) is 49.1 Å². The van der Waals surface area contributed by atoms with Gasteiger partial charge in [-0.2, -0.15) is 0 Å². The molecule has 2 atom stereocenters. The Kier molecular flexibility index (Phi) is 6.29. The molecule has 1 saturated heterocycles. The fourth-order valence-corrected chi connectivity index (χ4v) is 6.46. The molecule has 0 amide bonds. The van der Waals surface area contributed by atoms with Crippen LogP contribution in [0.2, 0.25) is 0 Å². The molecule has 2 aliphatic heterocycles. The van der Waals surface area contributed by atoms with Crippen molar-refractivity contribution in [2.75, 3.05) is 11.9 Å². The maximum absolute atomic E-state index is 13.6. The molecule has 11 heteroatoms. The van der Waals surface area contributed by atoms with Crippen LogP contribution in [0.25, 0.3) is 22.0 Å². The van der Waals surface area contributed by atoms with Crippen molar-refractivity contribution in [2.24, 2.45) is 16.5 Å². The fraction of sp³-hybridized carbons (Fsp3) is 0.286. The number of amidine groups is 1. The lowest BCUT2D eigenvalue weighted by molar-refractivity contribution is -0.105. The van der Waals surface area contributed by atoms with E-state index in [0.29, 0.717) is 29.0 Å². The van der Waals surface area contributed by atoms with Gasteiger partial charge in [-0.25, -0.2) is 17.4 Å². The van der Waals surface area contributed by atoms with Crippen LogP contribution in [0.3, 0.4) is 0 Å². The second-order valence-electron chi connectivity index (χ2n) is 10.1. The molecule has 0 radical (unpaired) electrons. The zero-order chi connectivity index (χ0) is 27.2. The predicted octanol–water partition coefficient (Wildman–Crippen LogP) is 3.75. The predicted molar refractivity (Wildman–Crippen MR) is 151 cm³/mol. The molecule has 4 aromatic rings. The first kappa shape index (κ1) is 25.4. The first-order chi connectivity index (χ1) is 18.7. The van der Waals surface area contributed by atoms with Crippen LogP contribution >= 0.6 is 0 Å². The number of nitrogens with one attached hydrogen (secondary N) is 1. The van der Waals surface area contributed by atoms with E-state index in [1.54, 1.807) is 31.5 Å². The van der Waals surface area contributed by atoms with E-state index in [9.17, 15) is 8.42 Å². The Labute approximate surface area is 226 Å². The van der Waals surface area contributed by atoms with E-state index in [0.717, 1.165) is 35.7 Å². The zero-order valence-electron chi connectivity index (χ0n) is 21.5. The summed E-state index contributed by atoms with van der Waals surface area (Å²) in [5.41, 5.74) is 15.9. The van der Waals surface area contributed by atoms with Crippen molar-refractivity contribution in [2.45, 2.75) is 44.0 Å². The maximum atomic E-state index is 13.6. The van der Waals surface area contributed by atoms with Gasteiger partial charge in [0.1, 0.15) is 17.4 Å². The lowest BCUT2D eigenvalue weighted by atomic mass is 10.0. The third-order valence-corrected chi connectivity index (χ3v) is 8.40. The monoisotopic (exact) mass is 546 g/mol. The van der Waals surface area contributed by atoms with Crippen LogP contribution in [0.15, 0.2) is 72.0 Å². The Hall–Kier alpha value is -3.93. The molecule has 2 aliphatic rings. The van der Waals surface area contributed by atoms with Crippen LogP contribution < -0.4 is 21.5 Å². The molecule has 39 heavy (non-hydrogen) atoms. The lowest BCUT2D eigenvalue weighted by Crippen LogP contribution is -2.48. The van der Waals surface area contributed by atoms with E-state index in [4.69, 9.17) is 20.9 Å². The van der Waals surface area contributed by atoms with Crippen molar-refractivity contribution in [3.63, 3.8) is 0 Å². The van der Waals surface area contributed by atoms with Gasteiger partial charge in [0.25, 0.3) is 0 Å². The number of fused-ring (bicyclic) bond motifs is 2. The second kappa shape index (κ2) is 9.67. The summed E-state index contributed by atoms with van der Waals surface area (Å²) < 4.78 is 40.2. The topological polar surface area (TPSA) is 147 Å². The van der Waals surface area contributed by atoms with E-state index >= 15 is 0 Å². The van der Waals surface area contributed by atoms with Gasteiger partial charge in [0, 0.05) is 23.6 Å². The standard InChI is InChI=1S/C28H30N6O4S/c1-28(30)32-26(29)25-22(16-34(27(25)33-28)39(35,36)17-18-7-3-2-4-8-18)19-10-11-23-20(13-19)14-21(15-31-23)38-24-9-5-6-12-37-24/h2-4,7-8,10-11,13-16,24,33H,5-6,9,12,17,30H2,1H3,(H2,29,32). The van der Waals surface area contributed by atoms with Gasteiger partial charge in [0.2, 0.25) is 10.0 Å². The number of aliphatic imine (C=N–C) groups is 1. The number of hydrogen-bond donors (Lipinski definition) is 3. The number of nitrogens with zero attached hydrogens (tertiary/aromatic N) is 3. The Bertz CT molecular complexity index is 1680. The van der Waals surface area contributed by atoms with Crippen LogP contribution in [-0.4, -0.2) is 41.9 Å². The molecule has 0 saturated carbocycles. The highest BCUT2D eigenvalue weighted by molar-refractivity contribution is 7.89. The molecule has 0 bridgehead atoms. The van der Waals surface area contributed by atoms with Crippen molar-refractivity contribution in [1.29, 1.82) is 0 Å². The minimum atomic E-state index is -3.84. The van der Waals surface area contributed by atoms with Crippen molar-refractivity contribution >= 4 is 32.6 Å². The maximum Gasteiger partial charge on any atom is 0.244 e. The molecule has 0 spiro atoms. The number of rotatable bonds is 6. The summed E-state index contributed by atoms with van der Waals surface area (Å²) in [5, 5.41) is 3.89. The van der Waals surface area contributed by atoms with Crippen molar-refractivity contribution in [1.82, 2.24) is 8.96 Å². The Balaban J connectivity index is 1.43. The van der Waals surface area contributed by atoms with Crippen LogP contribution in [0.1, 0.15) is 37.3 Å². The summed E-state index contributed by atoms with van der Waals surface area (Å²) in [5.74, 6) is -0.420. The number of nitrogens with two attached hydrogens (primary N) is 2. The van der Waals surface area contributed by atoms with Crippen LogP contribution in [0, 0.1) is 0 Å². The molecular formula is C28H30N6O4S. The number of anilines is 1. The van der Waals surface area contributed by atoms with E-state index in [1.807, 2.05) is 42.5 Å². The van der Waals surface area contributed by atoms with Crippen molar-refractivity contribution < 1.29 is 17.9 Å². The molecule has 0 aliphatic carbocycles. The summed E-state index contributed by atoms with van der Waals surface area (Å²) in [4.78, 5) is 8.90. The molecular weight excluding hydrogens is 516 g/mol. The average molecular weight is 547 g/mol. The molecule has 6 rings (SSSR count). The van der Waals surface area contributed by atoms with Gasteiger partial charge in [-0.1, -0.05) is 36.4 Å². The number of benzene rings is 2. The van der Waals surface area contributed by atoms with Crippen molar-refractivity contribution in [3.8, 4) is 16.9 Å². The SMILES string of the molecule is CC1(N)N=C(N)c2c(-c3ccc4ncc(OC5CCCCO5)cc4c3)cn(S(=O)(=O)Cc3ccccc3)c2N1. The quantitative estimate of drug-likeness (QED) is 0.331. The van der Waals surface area contributed by atoms with Gasteiger partial charge in [-0.3, -0.25) is 10.7 Å². The Morgan fingerprint density at radius 3 is 2.77 bits per heavy atom. The van der Waals surface area contributed by atoms with Gasteiger partial charge in [-0.15, -0.1) is 0 Å². The van der Waals surface area contributed by atoms with Crippen LogP contribution in [-0.2, 0) is 20.5 Å². The third kappa shape index (κ3) is 5.08. The largest absolute Gasteiger partial charge is 0.463 e. The van der Waals surface area contributed by atoms with Gasteiger partial charge < -0.3 is 20.5 Å². The number of pyridine rings is 1. The van der Waals surface area contributed by atoms with Gasteiger partial charge in [0.05, 0.1) is 29.6 Å². The summed E-state index contributed by atoms with van der Waals surface area (Å²) in [6.07, 6.45) is 5.90. The Morgan fingerprint density at radius 2 is 2.00 bits per heavy atom. The molecule has 2 aromatic carbocycles. The van der Waals surface area contributed by atoms with E-state index in [1.165, 1.54) is 3.97 Å². The highest BCUT2D eigenvalue weighted by Crippen LogP contribution is 2.38. The number of ether oxygens (including phenoxy) is 2. The summed E-state index contributed by atoms with van der Waals surface area (Å²) >= 11 is 0. The summed E-state index contributed by atoms with van der Waals surface area (Å²) in [6.45, 7) is 2.31. The fourth-order valence-electron chi connectivity index (χ4n) is 5.03. The van der Waals surface area contributed by atoms with E-state index in [-0.39, 0.29) is 23.7 Å². The van der Waals surface area contributed by atoms with Gasteiger partial charge >= 0.3 is 0 Å². The highest BCUT2D eigenvalue weighted by atomic mass is 32.2. The normalized spacial score (nSPS) is 21.2. The van der Waals surface area contributed by atoms with E-state index < -0.39 is 15.8 Å². The summed E-state index contributed by atoms with van der Waals surface area (Å²) in [6, 6.07) is 16.6. The molecule has 4 heterocycles.